The van der Waals surface area contributed by atoms with Crippen LogP contribution in [0.3, 0.4) is 0 Å². The van der Waals surface area contributed by atoms with Crippen LogP contribution in [0.25, 0.3) is 5.65 Å². The predicted octanol–water partition coefficient (Wildman–Crippen LogP) is 3.46. The van der Waals surface area contributed by atoms with Gasteiger partial charge < -0.3 is 4.90 Å². The average Bonchev–Trinajstić information content (AvgIpc) is 2.99. The standard InChI is InChI=1S/C20H20Cl2FN5O/c1-12-18(19(29)15-4-3-14(21)10-16(15)23)28-20(24-12)13(9-17(22)25-28)11-27-7-5-26(2)6-8-27/h3-4,9-10H,5-8,11H2,1-2H3. The van der Waals surface area contributed by atoms with Crippen molar-refractivity contribution >= 4 is 34.6 Å². The molecule has 0 unspecified atom stereocenters. The topological polar surface area (TPSA) is 53.7 Å². The number of hydrogen-bond acceptors (Lipinski definition) is 5. The van der Waals surface area contributed by atoms with E-state index in [1.54, 1.807) is 13.0 Å². The molecular formula is C20H20Cl2FN5O. The molecule has 0 amide bonds. The molecule has 1 saturated heterocycles. The van der Waals surface area contributed by atoms with Crippen molar-refractivity contribution in [1.82, 2.24) is 24.4 Å². The van der Waals surface area contributed by atoms with Crippen LogP contribution in [0.4, 0.5) is 4.39 Å². The van der Waals surface area contributed by atoms with Gasteiger partial charge in [0.2, 0.25) is 5.78 Å². The first-order valence-corrected chi connectivity index (χ1v) is 10.0. The van der Waals surface area contributed by atoms with E-state index in [1.165, 1.54) is 16.6 Å². The zero-order chi connectivity index (χ0) is 20.7. The smallest absolute Gasteiger partial charge is 0.216 e. The summed E-state index contributed by atoms with van der Waals surface area (Å²) >= 11 is 12.1. The number of aryl methyl sites for hydroxylation is 1. The van der Waals surface area contributed by atoms with E-state index in [-0.39, 0.29) is 21.4 Å². The van der Waals surface area contributed by atoms with Crippen molar-refractivity contribution in [2.24, 2.45) is 0 Å². The number of carbonyl (C=O) groups excluding carboxylic acids is 1. The molecule has 1 aliphatic rings. The third-order valence-electron chi connectivity index (χ3n) is 5.19. The molecule has 2 aromatic heterocycles. The number of ketones is 1. The largest absolute Gasteiger partial charge is 0.304 e. The Hall–Kier alpha value is -2.06. The van der Waals surface area contributed by atoms with Gasteiger partial charge in [0.25, 0.3) is 0 Å². The van der Waals surface area contributed by atoms with Crippen LogP contribution in [-0.2, 0) is 6.54 Å². The number of aromatic nitrogens is 3. The lowest BCUT2D eigenvalue weighted by atomic mass is 10.1. The van der Waals surface area contributed by atoms with Gasteiger partial charge in [0.15, 0.2) is 10.8 Å². The first kappa shape index (κ1) is 20.2. The highest BCUT2D eigenvalue weighted by molar-refractivity contribution is 6.30. The molecule has 29 heavy (non-hydrogen) atoms. The van der Waals surface area contributed by atoms with Gasteiger partial charge in [0.05, 0.1) is 11.3 Å². The van der Waals surface area contributed by atoms with E-state index >= 15 is 0 Å². The number of benzene rings is 1. The Morgan fingerprint density at radius 2 is 1.90 bits per heavy atom. The summed E-state index contributed by atoms with van der Waals surface area (Å²) in [5.41, 5.74) is 2.03. The van der Waals surface area contributed by atoms with E-state index in [1.807, 2.05) is 0 Å². The Bertz CT molecular complexity index is 1090. The summed E-state index contributed by atoms with van der Waals surface area (Å²) < 4.78 is 15.8. The number of hydrogen-bond donors (Lipinski definition) is 0. The molecule has 0 spiro atoms. The van der Waals surface area contributed by atoms with Crippen LogP contribution in [-0.4, -0.2) is 63.4 Å². The fraction of sp³-hybridized carbons (Fsp3) is 0.350. The molecule has 0 atom stereocenters. The highest BCUT2D eigenvalue weighted by atomic mass is 35.5. The Morgan fingerprint density at radius 1 is 1.17 bits per heavy atom. The van der Waals surface area contributed by atoms with Crippen molar-refractivity contribution in [2.45, 2.75) is 13.5 Å². The van der Waals surface area contributed by atoms with Crippen LogP contribution in [0.2, 0.25) is 10.2 Å². The van der Waals surface area contributed by atoms with Crippen molar-refractivity contribution in [3.63, 3.8) is 0 Å². The zero-order valence-electron chi connectivity index (χ0n) is 16.1. The normalized spacial score (nSPS) is 15.9. The van der Waals surface area contributed by atoms with Gasteiger partial charge in [-0.3, -0.25) is 9.69 Å². The van der Waals surface area contributed by atoms with Crippen molar-refractivity contribution in [2.75, 3.05) is 33.2 Å². The maximum Gasteiger partial charge on any atom is 0.216 e. The maximum absolute atomic E-state index is 14.3. The Labute approximate surface area is 177 Å². The van der Waals surface area contributed by atoms with Crippen LogP contribution in [0.15, 0.2) is 24.3 Å². The molecule has 0 bridgehead atoms. The fourth-order valence-corrected chi connectivity index (χ4v) is 3.95. The monoisotopic (exact) mass is 435 g/mol. The number of likely N-dealkylation sites (N-methyl/N-ethyl adjacent to an activating group) is 1. The van der Waals surface area contributed by atoms with Crippen molar-refractivity contribution in [1.29, 1.82) is 0 Å². The lowest BCUT2D eigenvalue weighted by Crippen LogP contribution is -2.43. The van der Waals surface area contributed by atoms with Gasteiger partial charge in [-0.25, -0.2) is 13.9 Å². The molecule has 4 rings (SSSR count). The van der Waals surface area contributed by atoms with Crippen LogP contribution < -0.4 is 0 Å². The number of carbonyl (C=O) groups is 1. The number of fused-ring (bicyclic) bond motifs is 1. The van der Waals surface area contributed by atoms with E-state index in [4.69, 9.17) is 23.2 Å². The lowest BCUT2D eigenvalue weighted by molar-refractivity contribution is 0.102. The number of nitrogens with zero attached hydrogens (tertiary/aromatic N) is 5. The van der Waals surface area contributed by atoms with Crippen LogP contribution >= 0.6 is 23.2 Å². The number of rotatable bonds is 4. The molecular weight excluding hydrogens is 416 g/mol. The predicted molar refractivity (Wildman–Crippen MR) is 110 cm³/mol. The minimum absolute atomic E-state index is 0.0818. The van der Waals surface area contributed by atoms with Crippen molar-refractivity contribution in [3.05, 3.63) is 62.8 Å². The van der Waals surface area contributed by atoms with E-state index in [2.05, 4.69) is 26.9 Å². The molecule has 1 aliphatic heterocycles. The molecule has 0 N–H and O–H groups in total. The molecule has 0 aliphatic carbocycles. The summed E-state index contributed by atoms with van der Waals surface area (Å²) in [6, 6.07) is 5.75. The van der Waals surface area contributed by atoms with E-state index in [9.17, 15) is 9.18 Å². The zero-order valence-corrected chi connectivity index (χ0v) is 17.6. The Morgan fingerprint density at radius 3 is 2.59 bits per heavy atom. The average molecular weight is 436 g/mol. The molecule has 1 fully saturated rings. The van der Waals surface area contributed by atoms with Gasteiger partial charge in [-0.05, 0) is 38.2 Å². The summed E-state index contributed by atoms with van der Waals surface area (Å²) in [5.74, 6) is -1.19. The number of halogens is 3. The second-order valence-corrected chi connectivity index (χ2v) is 8.13. The fourth-order valence-electron chi connectivity index (χ4n) is 3.58. The molecule has 6 nitrogen and oxygen atoms in total. The molecule has 152 valence electrons. The highest BCUT2D eigenvalue weighted by Crippen LogP contribution is 2.24. The van der Waals surface area contributed by atoms with Gasteiger partial charge in [0, 0.05) is 43.3 Å². The molecule has 0 radical (unpaired) electrons. The summed E-state index contributed by atoms with van der Waals surface area (Å²) in [7, 11) is 2.10. The van der Waals surface area contributed by atoms with Crippen molar-refractivity contribution in [3.8, 4) is 0 Å². The number of imidazole rings is 1. The molecule has 0 saturated carbocycles. The summed E-state index contributed by atoms with van der Waals surface area (Å²) in [6.45, 7) is 6.21. The van der Waals surface area contributed by atoms with Gasteiger partial charge in [-0.1, -0.05) is 23.2 Å². The van der Waals surface area contributed by atoms with Crippen LogP contribution in [0.5, 0.6) is 0 Å². The number of piperazine rings is 1. The molecule has 1 aromatic carbocycles. The lowest BCUT2D eigenvalue weighted by Gasteiger charge is -2.32. The van der Waals surface area contributed by atoms with Crippen molar-refractivity contribution < 1.29 is 9.18 Å². The Balaban J connectivity index is 1.75. The maximum atomic E-state index is 14.3. The van der Waals surface area contributed by atoms with E-state index in [0.717, 1.165) is 37.8 Å². The van der Waals surface area contributed by atoms with E-state index < -0.39 is 11.6 Å². The highest BCUT2D eigenvalue weighted by Gasteiger charge is 2.25. The SMILES string of the molecule is Cc1nc2c(CN3CCN(C)CC3)cc(Cl)nn2c1C(=O)c1ccc(Cl)cc1F. The first-order chi connectivity index (χ1) is 13.8. The van der Waals surface area contributed by atoms with Gasteiger partial charge in [-0.15, -0.1) is 0 Å². The van der Waals surface area contributed by atoms with E-state index in [0.29, 0.717) is 17.9 Å². The third-order valence-corrected chi connectivity index (χ3v) is 5.61. The van der Waals surface area contributed by atoms with Crippen LogP contribution in [0.1, 0.15) is 27.3 Å². The van der Waals surface area contributed by atoms with Gasteiger partial charge in [-0.2, -0.15) is 5.10 Å². The van der Waals surface area contributed by atoms with Gasteiger partial charge >= 0.3 is 0 Å². The summed E-state index contributed by atoms with van der Waals surface area (Å²) in [6.07, 6.45) is 0. The molecule has 9 heteroatoms. The third kappa shape index (κ3) is 4.00. The summed E-state index contributed by atoms with van der Waals surface area (Å²) in [5, 5.41) is 4.76. The second kappa shape index (κ2) is 7.99. The van der Waals surface area contributed by atoms with Gasteiger partial charge in [0.1, 0.15) is 11.5 Å². The minimum atomic E-state index is -0.684. The molecule has 3 heterocycles. The quantitative estimate of drug-likeness (QED) is 0.587. The second-order valence-electron chi connectivity index (χ2n) is 7.31. The Kier molecular flexibility index (Phi) is 5.57. The minimum Gasteiger partial charge on any atom is -0.304 e. The first-order valence-electron chi connectivity index (χ1n) is 9.29. The van der Waals surface area contributed by atoms with Crippen LogP contribution in [0, 0.1) is 12.7 Å². The summed E-state index contributed by atoms with van der Waals surface area (Å²) in [4.78, 5) is 22.2. The molecule has 3 aromatic rings.